The number of nitro groups is 1. The molecule has 1 aromatic rings. The molecule has 114 valence electrons. The van der Waals surface area contributed by atoms with Crippen LogP contribution in [0.25, 0.3) is 0 Å². The molecule has 1 aromatic carbocycles. The Hall–Kier alpha value is -2.44. The second-order valence-electron chi connectivity index (χ2n) is 4.50. The topological polar surface area (TPSA) is 98.5 Å². The third-order valence-electron chi connectivity index (χ3n) is 2.77. The minimum atomic E-state index is -1.01. The molecule has 1 atom stereocenters. The van der Waals surface area contributed by atoms with Gasteiger partial charge in [0.25, 0.3) is 11.6 Å². The molecule has 1 N–H and O–H groups in total. The van der Waals surface area contributed by atoms with Gasteiger partial charge in [0.2, 0.25) is 0 Å². The standard InChI is InChI=1S/C14H18N2O5/c1-3-4-9-13(17)21-10(2)14(18)15-11-7-5-6-8-12(11)16(19)20/h5-8,10H,3-4,9H2,1-2H3,(H,15,18)/t10-/m0/s1. The summed E-state index contributed by atoms with van der Waals surface area (Å²) in [6.07, 6.45) is 0.789. The highest BCUT2D eigenvalue weighted by Crippen LogP contribution is 2.23. The number of nitro benzene ring substituents is 1. The zero-order valence-electron chi connectivity index (χ0n) is 12.0. The van der Waals surface area contributed by atoms with E-state index in [1.807, 2.05) is 6.92 Å². The Morgan fingerprint density at radius 1 is 1.38 bits per heavy atom. The first-order valence-corrected chi connectivity index (χ1v) is 6.69. The third-order valence-corrected chi connectivity index (χ3v) is 2.77. The quantitative estimate of drug-likeness (QED) is 0.473. The summed E-state index contributed by atoms with van der Waals surface area (Å²) in [6, 6.07) is 5.78. The van der Waals surface area contributed by atoms with Crippen LogP contribution in [0.1, 0.15) is 33.1 Å². The third kappa shape index (κ3) is 5.21. The van der Waals surface area contributed by atoms with Gasteiger partial charge in [-0.15, -0.1) is 0 Å². The molecule has 1 rings (SSSR count). The molecular formula is C14H18N2O5. The number of hydrogen-bond acceptors (Lipinski definition) is 5. The zero-order valence-corrected chi connectivity index (χ0v) is 12.0. The van der Waals surface area contributed by atoms with Crippen molar-refractivity contribution in [3.63, 3.8) is 0 Å². The maximum Gasteiger partial charge on any atom is 0.306 e. The number of esters is 1. The normalized spacial score (nSPS) is 11.5. The summed E-state index contributed by atoms with van der Waals surface area (Å²) in [5.41, 5.74) is -0.140. The molecule has 0 fully saturated rings. The number of benzene rings is 1. The fourth-order valence-electron chi connectivity index (χ4n) is 1.60. The zero-order chi connectivity index (χ0) is 15.8. The molecule has 0 saturated heterocycles. The number of ether oxygens (including phenoxy) is 1. The second-order valence-corrected chi connectivity index (χ2v) is 4.50. The van der Waals surface area contributed by atoms with E-state index in [1.54, 1.807) is 6.07 Å². The van der Waals surface area contributed by atoms with Crippen LogP contribution in [0.5, 0.6) is 0 Å². The fraction of sp³-hybridized carbons (Fsp3) is 0.429. The van der Waals surface area contributed by atoms with E-state index in [2.05, 4.69) is 5.32 Å². The van der Waals surface area contributed by atoms with Gasteiger partial charge in [-0.3, -0.25) is 19.7 Å². The molecule has 0 aromatic heterocycles. The summed E-state index contributed by atoms with van der Waals surface area (Å²) in [6.45, 7) is 3.37. The summed E-state index contributed by atoms with van der Waals surface area (Å²) >= 11 is 0. The highest BCUT2D eigenvalue weighted by Gasteiger charge is 2.21. The number of anilines is 1. The van der Waals surface area contributed by atoms with Crippen LogP contribution in [0.4, 0.5) is 11.4 Å². The Labute approximate surface area is 122 Å². The smallest absolute Gasteiger partial charge is 0.306 e. The molecule has 21 heavy (non-hydrogen) atoms. The minimum Gasteiger partial charge on any atom is -0.453 e. The summed E-state index contributed by atoms with van der Waals surface area (Å²) in [5, 5.41) is 13.2. The van der Waals surface area contributed by atoms with Gasteiger partial charge >= 0.3 is 5.97 Å². The average molecular weight is 294 g/mol. The Balaban J connectivity index is 2.64. The van der Waals surface area contributed by atoms with Crippen LogP contribution in [-0.2, 0) is 14.3 Å². The maximum atomic E-state index is 11.9. The average Bonchev–Trinajstić information content (AvgIpc) is 2.45. The molecule has 1 amide bonds. The summed E-state index contributed by atoms with van der Waals surface area (Å²) in [5.74, 6) is -1.06. The second kappa shape index (κ2) is 7.98. The monoisotopic (exact) mass is 294 g/mol. The Kier molecular flexibility index (Phi) is 6.32. The Morgan fingerprint density at radius 2 is 2.05 bits per heavy atom. The van der Waals surface area contributed by atoms with E-state index in [0.717, 1.165) is 6.42 Å². The van der Waals surface area contributed by atoms with Gasteiger partial charge in [-0.05, 0) is 19.4 Å². The molecule has 0 aliphatic carbocycles. The van der Waals surface area contributed by atoms with Crippen LogP contribution in [0.15, 0.2) is 24.3 Å². The molecule has 0 spiro atoms. The lowest BCUT2D eigenvalue weighted by Crippen LogP contribution is -2.30. The largest absolute Gasteiger partial charge is 0.453 e. The van der Waals surface area contributed by atoms with Crippen molar-refractivity contribution in [3.05, 3.63) is 34.4 Å². The van der Waals surface area contributed by atoms with Crippen molar-refractivity contribution < 1.29 is 19.2 Å². The van der Waals surface area contributed by atoms with Gasteiger partial charge < -0.3 is 10.1 Å². The number of rotatable bonds is 7. The number of nitrogens with zero attached hydrogens (tertiary/aromatic N) is 1. The molecule has 0 unspecified atom stereocenters. The van der Waals surface area contributed by atoms with Crippen molar-refractivity contribution in [1.29, 1.82) is 0 Å². The number of hydrogen-bond donors (Lipinski definition) is 1. The lowest BCUT2D eigenvalue weighted by molar-refractivity contribution is -0.383. The molecule has 0 radical (unpaired) electrons. The SMILES string of the molecule is CCCCC(=O)O[C@@H](C)C(=O)Nc1ccccc1[N+](=O)[O-]. The molecule has 0 heterocycles. The van der Waals surface area contributed by atoms with Crippen molar-refractivity contribution in [2.75, 3.05) is 5.32 Å². The summed E-state index contributed by atoms with van der Waals surface area (Å²) < 4.78 is 4.97. The van der Waals surface area contributed by atoms with E-state index in [0.29, 0.717) is 6.42 Å². The first-order chi connectivity index (χ1) is 9.95. The van der Waals surface area contributed by atoms with Gasteiger partial charge in [-0.25, -0.2) is 0 Å². The van der Waals surface area contributed by atoms with Crippen molar-refractivity contribution >= 4 is 23.3 Å². The number of nitrogens with one attached hydrogen (secondary N) is 1. The van der Waals surface area contributed by atoms with Gasteiger partial charge in [-0.2, -0.15) is 0 Å². The van der Waals surface area contributed by atoms with Crippen LogP contribution >= 0.6 is 0 Å². The molecule has 0 aliphatic rings. The molecule has 7 nitrogen and oxygen atoms in total. The van der Waals surface area contributed by atoms with Crippen molar-refractivity contribution in [3.8, 4) is 0 Å². The molecule has 0 saturated carbocycles. The van der Waals surface area contributed by atoms with Crippen LogP contribution in [0.3, 0.4) is 0 Å². The molecular weight excluding hydrogens is 276 g/mol. The first-order valence-electron chi connectivity index (χ1n) is 6.69. The lowest BCUT2D eigenvalue weighted by Gasteiger charge is -2.13. The predicted octanol–water partition coefficient (Wildman–Crippen LogP) is 2.66. The number of amides is 1. The van der Waals surface area contributed by atoms with Crippen LogP contribution in [-0.4, -0.2) is 22.9 Å². The van der Waals surface area contributed by atoms with E-state index in [9.17, 15) is 19.7 Å². The summed E-state index contributed by atoms with van der Waals surface area (Å²) in [7, 11) is 0. The number of unbranched alkanes of at least 4 members (excludes halogenated alkanes) is 1. The van der Waals surface area contributed by atoms with E-state index in [4.69, 9.17) is 4.74 Å². The Morgan fingerprint density at radius 3 is 2.67 bits per heavy atom. The van der Waals surface area contributed by atoms with E-state index < -0.39 is 22.9 Å². The van der Waals surface area contributed by atoms with E-state index in [1.165, 1.54) is 25.1 Å². The van der Waals surface area contributed by atoms with Gasteiger partial charge in [0.05, 0.1) is 4.92 Å². The highest BCUT2D eigenvalue weighted by atomic mass is 16.6. The number of carbonyl (C=O) groups is 2. The van der Waals surface area contributed by atoms with Crippen molar-refractivity contribution in [2.45, 2.75) is 39.2 Å². The number of para-hydroxylation sites is 2. The highest BCUT2D eigenvalue weighted by molar-refractivity contribution is 5.96. The Bertz CT molecular complexity index is 530. The van der Waals surface area contributed by atoms with Crippen LogP contribution in [0, 0.1) is 10.1 Å². The minimum absolute atomic E-state index is 0.0731. The maximum absolute atomic E-state index is 11.9. The molecule has 7 heteroatoms. The van der Waals surface area contributed by atoms with Crippen molar-refractivity contribution in [2.24, 2.45) is 0 Å². The van der Waals surface area contributed by atoms with Gasteiger partial charge in [-0.1, -0.05) is 25.5 Å². The van der Waals surface area contributed by atoms with Crippen LogP contribution < -0.4 is 5.32 Å². The lowest BCUT2D eigenvalue weighted by atomic mass is 10.2. The fourth-order valence-corrected chi connectivity index (χ4v) is 1.60. The van der Waals surface area contributed by atoms with Gasteiger partial charge in [0.1, 0.15) is 5.69 Å². The molecule has 0 bridgehead atoms. The van der Waals surface area contributed by atoms with Gasteiger partial charge in [0.15, 0.2) is 6.10 Å². The van der Waals surface area contributed by atoms with E-state index in [-0.39, 0.29) is 17.8 Å². The number of carbonyl (C=O) groups excluding carboxylic acids is 2. The van der Waals surface area contributed by atoms with Crippen LogP contribution in [0.2, 0.25) is 0 Å². The summed E-state index contributed by atoms with van der Waals surface area (Å²) in [4.78, 5) is 33.6. The first kappa shape index (κ1) is 16.6. The van der Waals surface area contributed by atoms with Gasteiger partial charge in [0, 0.05) is 12.5 Å². The van der Waals surface area contributed by atoms with E-state index >= 15 is 0 Å². The predicted molar refractivity (Wildman–Crippen MR) is 76.8 cm³/mol. The van der Waals surface area contributed by atoms with Crippen molar-refractivity contribution in [1.82, 2.24) is 0 Å². The molecule has 0 aliphatic heterocycles.